The van der Waals surface area contributed by atoms with Gasteiger partial charge in [-0.3, -0.25) is 0 Å². The van der Waals surface area contributed by atoms with E-state index in [9.17, 15) is 8.42 Å². The van der Waals surface area contributed by atoms with Crippen LogP contribution >= 0.6 is 0 Å². The lowest BCUT2D eigenvalue weighted by atomic mass is 10.3. The predicted octanol–water partition coefficient (Wildman–Crippen LogP) is 1.30. The normalized spacial score (nSPS) is 11.9. The van der Waals surface area contributed by atoms with Gasteiger partial charge in [-0.05, 0) is 19.8 Å². The van der Waals surface area contributed by atoms with E-state index >= 15 is 0 Å². The molecule has 1 heterocycles. The van der Waals surface area contributed by atoms with E-state index in [4.69, 9.17) is 0 Å². The summed E-state index contributed by atoms with van der Waals surface area (Å²) in [6.45, 7) is 5.79. The quantitative estimate of drug-likeness (QED) is 0.605. The summed E-state index contributed by atoms with van der Waals surface area (Å²) >= 11 is 0. The third-order valence-corrected chi connectivity index (χ3v) is 4.02. The highest BCUT2D eigenvalue weighted by Crippen LogP contribution is 2.12. The summed E-state index contributed by atoms with van der Waals surface area (Å²) < 4.78 is 25.3. The Hall–Kier alpha value is -1.14. The molecule has 0 saturated carbocycles. The standard InChI is InChI=1S/C10H17N3O2S/c1-4-5-6-7-13(3)16(14,15)10-8-11-9(2)12-10/h4,8H,1,5-7H2,2-3H3,(H,11,12). The summed E-state index contributed by atoms with van der Waals surface area (Å²) in [4.78, 5) is 6.61. The number of nitrogens with one attached hydrogen (secondary N) is 1. The summed E-state index contributed by atoms with van der Waals surface area (Å²) in [6.07, 6.45) is 4.70. The molecule has 16 heavy (non-hydrogen) atoms. The van der Waals surface area contributed by atoms with Crippen LogP contribution in [0.2, 0.25) is 0 Å². The number of rotatable bonds is 6. The van der Waals surface area contributed by atoms with Crippen LogP contribution in [0.15, 0.2) is 23.9 Å². The fourth-order valence-electron chi connectivity index (χ4n) is 1.28. The Morgan fingerprint density at radius 2 is 2.31 bits per heavy atom. The van der Waals surface area contributed by atoms with E-state index < -0.39 is 10.0 Å². The second-order valence-electron chi connectivity index (χ2n) is 3.59. The lowest BCUT2D eigenvalue weighted by molar-refractivity contribution is 0.460. The topological polar surface area (TPSA) is 66.1 Å². The van der Waals surface area contributed by atoms with E-state index in [1.807, 2.05) is 0 Å². The second-order valence-corrected chi connectivity index (χ2v) is 5.60. The zero-order chi connectivity index (χ0) is 12.2. The second kappa shape index (κ2) is 5.27. The molecule has 0 bridgehead atoms. The highest BCUT2D eigenvalue weighted by Gasteiger charge is 2.21. The van der Waals surface area contributed by atoms with Gasteiger partial charge in [-0.2, -0.15) is 4.31 Å². The number of allylic oxidation sites excluding steroid dienone is 1. The van der Waals surface area contributed by atoms with Crippen LogP contribution in [0.1, 0.15) is 18.7 Å². The van der Waals surface area contributed by atoms with Crippen molar-refractivity contribution < 1.29 is 8.42 Å². The van der Waals surface area contributed by atoms with Crippen molar-refractivity contribution >= 4 is 10.0 Å². The van der Waals surface area contributed by atoms with Gasteiger partial charge in [0.25, 0.3) is 10.0 Å². The maximum atomic E-state index is 12.0. The molecule has 1 rings (SSSR count). The van der Waals surface area contributed by atoms with Crippen molar-refractivity contribution in [2.45, 2.75) is 24.8 Å². The van der Waals surface area contributed by atoms with E-state index in [0.29, 0.717) is 12.4 Å². The summed E-state index contributed by atoms with van der Waals surface area (Å²) in [5, 5.41) is 0.145. The molecule has 0 unspecified atom stereocenters. The SMILES string of the molecule is C=CCCCN(C)S(=O)(=O)c1cnc(C)[nH]1. The zero-order valence-electron chi connectivity index (χ0n) is 9.60. The predicted molar refractivity (Wildman–Crippen MR) is 62.6 cm³/mol. The average molecular weight is 243 g/mol. The van der Waals surface area contributed by atoms with Crippen molar-refractivity contribution in [1.29, 1.82) is 0 Å². The van der Waals surface area contributed by atoms with Crippen molar-refractivity contribution in [3.8, 4) is 0 Å². The summed E-state index contributed by atoms with van der Waals surface area (Å²) in [6, 6.07) is 0. The summed E-state index contributed by atoms with van der Waals surface area (Å²) in [5.74, 6) is 0.595. The minimum atomic E-state index is -3.42. The van der Waals surface area contributed by atoms with Gasteiger partial charge >= 0.3 is 0 Å². The Balaban J connectivity index is 2.74. The first kappa shape index (κ1) is 12.9. The largest absolute Gasteiger partial charge is 0.332 e. The Morgan fingerprint density at radius 1 is 1.62 bits per heavy atom. The zero-order valence-corrected chi connectivity index (χ0v) is 10.4. The van der Waals surface area contributed by atoms with Crippen LogP contribution in [0.5, 0.6) is 0 Å². The molecule has 0 aliphatic carbocycles. The van der Waals surface area contributed by atoms with Gasteiger partial charge in [0.05, 0.1) is 6.20 Å². The van der Waals surface area contributed by atoms with E-state index in [-0.39, 0.29) is 5.03 Å². The van der Waals surface area contributed by atoms with Gasteiger partial charge in [-0.1, -0.05) is 6.08 Å². The molecule has 1 aromatic heterocycles. The Kier molecular flexibility index (Phi) is 4.26. The number of hydrogen-bond acceptors (Lipinski definition) is 3. The van der Waals surface area contributed by atoms with E-state index in [2.05, 4.69) is 16.5 Å². The maximum Gasteiger partial charge on any atom is 0.259 e. The fourth-order valence-corrected chi connectivity index (χ4v) is 2.44. The Bertz CT molecular complexity index is 450. The number of aromatic nitrogens is 2. The van der Waals surface area contributed by atoms with Gasteiger partial charge in [0.15, 0.2) is 5.03 Å². The molecule has 0 atom stereocenters. The lowest BCUT2D eigenvalue weighted by Crippen LogP contribution is -2.28. The molecule has 1 aromatic rings. The highest BCUT2D eigenvalue weighted by molar-refractivity contribution is 7.89. The minimum Gasteiger partial charge on any atom is -0.332 e. The number of aromatic amines is 1. The first-order valence-electron chi connectivity index (χ1n) is 5.07. The third kappa shape index (κ3) is 2.93. The minimum absolute atomic E-state index is 0.145. The smallest absolute Gasteiger partial charge is 0.259 e. The third-order valence-electron chi connectivity index (χ3n) is 2.25. The van der Waals surface area contributed by atoms with Crippen molar-refractivity contribution in [2.24, 2.45) is 0 Å². The van der Waals surface area contributed by atoms with Crippen LogP contribution in [-0.2, 0) is 10.0 Å². The molecule has 0 spiro atoms. The van der Waals surface area contributed by atoms with Crippen molar-refractivity contribution in [3.63, 3.8) is 0 Å². The molecule has 0 aliphatic rings. The molecule has 6 heteroatoms. The highest BCUT2D eigenvalue weighted by atomic mass is 32.2. The van der Waals surface area contributed by atoms with Crippen LogP contribution in [0.3, 0.4) is 0 Å². The van der Waals surface area contributed by atoms with E-state index in [1.165, 1.54) is 10.5 Å². The molecular formula is C10H17N3O2S. The molecule has 90 valence electrons. The monoisotopic (exact) mass is 243 g/mol. The number of unbranched alkanes of at least 4 members (excludes halogenated alkanes) is 1. The molecule has 0 aromatic carbocycles. The first-order valence-corrected chi connectivity index (χ1v) is 6.51. The lowest BCUT2D eigenvalue weighted by Gasteiger charge is -2.14. The molecule has 0 amide bonds. The summed E-state index contributed by atoms with van der Waals surface area (Å²) in [5.41, 5.74) is 0. The average Bonchev–Trinajstić information content (AvgIpc) is 2.65. The molecule has 5 nitrogen and oxygen atoms in total. The van der Waals surface area contributed by atoms with Crippen molar-refractivity contribution in [2.75, 3.05) is 13.6 Å². The van der Waals surface area contributed by atoms with Crippen LogP contribution in [0.25, 0.3) is 0 Å². The van der Waals surface area contributed by atoms with Gasteiger partial charge in [-0.25, -0.2) is 13.4 Å². The van der Waals surface area contributed by atoms with Crippen LogP contribution in [0.4, 0.5) is 0 Å². The van der Waals surface area contributed by atoms with E-state index in [0.717, 1.165) is 12.8 Å². The number of H-pyrrole nitrogens is 1. The number of imidazole rings is 1. The van der Waals surface area contributed by atoms with Gasteiger partial charge in [-0.15, -0.1) is 6.58 Å². The van der Waals surface area contributed by atoms with Gasteiger partial charge in [0.1, 0.15) is 5.82 Å². The number of hydrogen-bond donors (Lipinski definition) is 1. The number of aryl methyl sites for hydroxylation is 1. The number of sulfonamides is 1. The fraction of sp³-hybridized carbons (Fsp3) is 0.500. The van der Waals surface area contributed by atoms with Crippen LogP contribution in [-0.4, -0.2) is 36.3 Å². The number of nitrogens with zero attached hydrogens (tertiary/aromatic N) is 2. The Labute approximate surface area is 96.2 Å². The molecule has 1 N–H and O–H groups in total. The Morgan fingerprint density at radius 3 is 2.81 bits per heavy atom. The molecular weight excluding hydrogens is 226 g/mol. The van der Waals surface area contributed by atoms with Gasteiger partial charge in [0.2, 0.25) is 0 Å². The van der Waals surface area contributed by atoms with Gasteiger partial charge < -0.3 is 4.98 Å². The molecule has 0 saturated heterocycles. The van der Waals surface area contributed by atoms with Crippen LogP contribution < -0.4 is 0 Å². The van der Waals surface area contributed by atoms with Gasteiger partial charge in [0, 0.05) is 13.6 Å². The van der Waals surface area contributed by atoms with Crippen molar-refractivity contribution in [1.82, 2.24) is 14.3 Å². The van der Waals surface area contributed by atoms with E-state index in [1.54, 1.807) is 20.0 Å². The molecule has 0 radical (unpaired) electrons. The van der Waals surface area contributed by atoms with Crippen LogP contribution in [0, 0.1) is 6.92 Å². The van der Waals surface area contributed by atoms with Crippen molar-refractivity contribution in [3.05, 3.63) is 24.7 Å². The summed E-state index contributed by atoms with van der Waals surface area (Å²) in [7, 11) is -1.85. The molecule has 0 aliphatic heterocycles. The maximum absolute atomic E-state index is 12.0. The first-order chi connectivity index (χ1) is 7.48. The molecule has 0 fully saturated rings.